The van der Waals surface area contributed by atoms with Gasteiger partial charge in [0.15, 0.2) is 0 Å². The van der Waals surface area contributed by atoms with Crippen molar-refractivity contribution in [3.05, 3.63) is 17.2 Å². The van der Waals surface area contributed by atoms with Gasteiger partial charge in [-0.05, 0) is 45.2 Å². The van der Waals surface area contributed by atoms with Gasteiger partial charge in [0.2, 0.25) is 0 Å². The Bertz CT molecular complexity index is 281. The molecule has 0 aromatic rings. The number of hydrogen-bond donors (Lipinski definition) is 2. The molecule has 12 heavy (non-hydrogen) atoms. The van der Waals surface area contributed by atoms with Crippen molar-refractivity contribution in [1.29, 1.82) is 10.8 Å². The maximum Gasteiger partial charge on any atom is 0.0935 e. The van der Waals surface area contributed by atoms with Crippen LogP contribution in [0.2, 0.25) is 0 Å². The molecule has 0 saturated carbocycles. The maximum atomic E-state index is 7.56. The third-order valence-electron chi connectivity index (χ3n) is 1.26. The van der Waals surface area contributed by atoms with Gasteiger partial charge in [0.05, 0.1) is 28.6 Å². The first-order valence-corrected chi connectivity index (χ1v) is 5.67. The molecule has 2 nitrogen and oxygen atoms in total. The molecule has 0 aliphatic heterocycles. The zero-order valence-corrected chi connectivity index (χ0v) is 11.3. The minimum atomic E-state index is 0.100. The third-order valence-corrected chi connectivity index (χ3v) is 4.81. The van der Waals surface area contributed by atoms with Crippen LogP contribution in [0.25, 0.3) is 0 Å². The largest absolute Gasteiger partial charge is 0.299 e. The first-order valence-electron chi connectivity index (χ1n) is 2.76. The van der Waals surface area contributed by atoms with E-state index in [1.807, 2.05) is 45.2 Å². The van der Waals surface area contributed by atoms with Crippen LogP contribution < -0.4 is 0 Å². The molecule has 1 aliphatic rings. The third kappa shape index (κ3) is 1.71. The van der Waals surface area contributed by atoms with Gasteiger partial charge in [0, 0.05) is 0 Å². The molecule has 1 aliphatic carbocycles. The molecule has 0 aromatic carbocycles. The van der Waals surface area contributed by atoms with Crippen molar-refractivity contribution in [1.82, 2.24) is 0 Å². The number of allylic oxidation sites excluding steroid dienone is 4. The summed E-state index contributed by atoms with van der Waals surface area (Å²) in [7, 11) is 0. The summed E-state index contributed by atoms with van der Waals surface area (Å²) in [5.41, 5.74) is 0.394. The van der Waals surface area contributed by atoms with Crippen LogP contribution in [0.15, 0.2) is 17.2 Å². The topological polar surface area (TPSA) is 47.7 Å². The van der Waals surface area contributed by atoms with Crippen LogP contribution in [0, 0.1) is 10.8 Å². The summed E-state index contributed by atoms with van der Waals surface area (Å²) in [6.45, 7) is 0. The zero-order chi connectivity index (χ0) is 9.46. The Balaban J connectivity index is 3.32. The Labute approximate surface area is 107 Å². The minimum absolute atomic E-state index is 0.100. The zero-order valence-electron chi connectivity index (χ0n) is 5.51. The molecular weight excluding hydrogens is 425 g/mol. The van der Waals surface area contributed by atoms with Crippen LogP contribution in [0.5, 0.6) is 0 Å². The summed E-state index contributed by atoms with van der Waals surface area (Å²) in [5.74, 6) is 0. The summed E-state index contributed by atoms with van der Waals surface area (Å²) in [6, 6.07) is 0. The Kier molecular flexibility index (Phi) is 3.58. The molecule has 1 rings (SSSR count). The van der Waals surface area contributed by atoms with E-state index >= 15 is 0 Å². The summed E-state index contributed by atoms with van der Waals surface area (Å²) < 4.78 is 1.15. The first-order chi connectivity index (χ1) is 5.46. The highest BCUT2D eigenvalue weighted by Crippen LogP contribution is 2.35. The second kappa shape index (κ2) is 3.93. The molecule has 0 atom stereocenters. The normalized spacial score (nSPS) is 19.3. The Morgan fingerprint density at radius 2 is 1.17 bits per heavy atom. The van der Waals surface area contributed by atoms with Crippen molar-refractivity contribution >= 4 is 79.8 Å². The first kappa shape index (κ1) is 10.9. The molecule has 64 valence electrons. The van der Waals surface area contributed by atoms with E-state index in [0.717, 1.165) is 0 Å². The molecule has 0 saturated heterocycles. The highest BCUT2D eigenvalue weighted by molar-refractivity contribution is 14.1. The van der Waals surface area contributed by atoms with E-state index < -0.39 is 0 Å². The van der Waals surface area contributed by atoms with E-state index in [-0.39, 0.29) is 15.8 Å². The number of halogens is 4. The summed E-state index contributed by atoms with van der Waals surface area (Å²) in [4.78, 5) is 0. The second-order valence-electron chi connectivity index (χ2n) is 2.01. The van der Waals surface area contributed by atoms with E-state index in [4.69, 9.17) is 34.0 Å². The Hall–Kier alpha value is 0.860. The lowest BCUT2D eigenvalue weighted by molar-refractivity contribution is 1.48. The fourth-order valence-corrected chi connectivity index (χ4v) is 2.65. The number of hydrogen-bond acceptors (Lipinski definition) is 2. The van der Waals surface area contributed by atoms with Crippen molar-refractivity contribution in [3.63, 3.8) is 0 Å². The highest BCUT2D eigenvalue weighted by atomic mass is 127. The summed E-state index contributed by atoms with van der Waals surface area (Å²) in [6.07, 6.45) is 0. The highest BCUT2D eigenvalue weighted by Gasteiger charge is 2.24. The van der Waals surface area contributed by atoms with Crippen LogP contribution in [0.4, 0.5) is 0 Å². The van der Waals surface area contributed by atoms with Crippen LogP contribution in [0.3, 0.4) is 0 Å². The molecular formula is C6H2Cl2I2N2. The van der Waals surface area contributed by atoms with Crippen molar-refractivity contribution in [2.75, 3.05) is 0 Å². The minimum Gasteiger partial charge on any atom is -0.299 e. The van der Waals surface area contributed by atoms with E-state index in [1.54, 1.807) is 0 Å². The lowest BCUT2D eigenvalue weighted by Crippen LogP contribution is -2.13. The molecule has 0 bridgehead atoms. The Morgan fingerprint density at radius 1 is 0.833 bits per heavy atom. The Morgan fingerprint density at radius 3 is 1.50 bits per heavy atom. The van der Waals surface area contributed by atoms with Crippen LogP contribution in [-0.2, 0) is 0 Å². The van der Waals surface area contributed by atoms with Gasteiger partial charge < -0.3 is 0 Å². The molecule has 2 N–H and O–H groups in total. The van der Waals surface area contributed by atoms with E-state index in [0.29, 0.717) is 12.9 Å². The van der Waals surface area contributed by atoms with Gasteiger partial charge in [0.1, 0.15) is 0 Å². The average molecular weight is 427 g/mol. The van der Waals surface area contributed by atoms with Gasteiger partial charge in [-0.2, -0.15) is 0 Å². The second-order valence-corrected chi connectivity index (χ2v) is 4.92. The molecule has 0 amide bonds. The van der Waals surface area contributed by atoms with Gasteiger partial charge in [-0.1, -0.05) is 23.2 Å². The van der Waals surface area contributed by atoms with Crippen molar-refractivity contribution in [3.8, 4) is 0 Å². The fraction of sp³-hybridized carbons (Fsp3) is 0. The standard InChI is InChI=1S/C6H2Cl2I2N2/c7-1-3(9)6(12)4(10)2(8)5(1)11/h11-12H. The van der Waals surface area contributed by atoms with Gasteiger partial charge >= 0.3 is 0 Å². The molecule has 0 aromatic heterocycles. The van der Waals surface area contributed by atoms with Crippen LogP contribution >= 0.6 is 68.4 Å². The molecule has 0 unspecified atom stereocenters. The molecule has 6 heteroatoms. The lowest BCUT2D eigenvalue weighted by Gasteiger charge is -2.14. The van der Waals surface area contributed by atoms with Crippen molar-refractivity contribution in [2.24, 2.45) is 0 Å². The van der Waals surface area contributed by atoms with Gasteiger partial charge in [0.25, 0.3) is 0 Å². The van der Waals surface area contributed by atoms with Crippen molar-refractivity contribution < 1.29 is 0 Å². The van der Waals surface area contributed by atoms with Gasteiger partial charge in [-0.15, -0.1) is 0 Å². The summed E-state index contributed by atoms with van der Waals surface area (Å²) >= 11 is 15.4. The number of nitrogens with one attached hydrogen (secondary N) is 2. The van der Waals surface area contributed by atoms with Gasteiger partial charge in [-0.25, -0.2) is 0 Å². The van der Waals surface area contributed by atoms with Gasteiger partial charge in [-0.3, -0.25) is 10.8 Å². The quantitative estimate of drug-likeness (QED) is 0.437. The van der Waals surface area contributed by atoms with E-state index in [2.05, 4.69) is 0 Å². The predicted molar refractivity (Wildman–Crippen MR) is 69.3 cm³/mol. The van der Waals surface area contributed by atoms with Crippen LogP contribution in [0.1, 0.15) is 0 Å². The van der Waals surface area contributed by atoms with E-state index in [1.165, 1.54) is 0 Å². The fourth-order valence-electron chi connectivity index (χ4n) is 0.632. The molecule has 0 radical (unpaired) electrons. The lowest BCUT2D eigenvalue weighted by atomic mass is 10.1. The SMILES string of the molecule is N=C1C(Cl)=C(I)C(=N)C(I)=C1Cl. The smallest absolute Gasteiger partial charge is 0.0935 e. The molecule has 0 heterocycles. The predicted octanol–water partition coefficient (Wildman–Crippen LogP) is 3.81. The van der Waals surface area contributed by atoms with Crippen LogP contribution in [-0.4, -0.2) is 11.4 Å². The molecule has 0 fully saturated rings. The average Bonchev–Trinajstić information content (AvgIpc) is 2.08. The maximum absolute atomic E-state index is 7.56. The van der Waals surface area contributed by atoms with E-state index in [9.17, 15) is 0 Å². The monoisotopic (exact) mass is 426 g/mol. The summed E-state index contributed by atoms with van der Waals surface area (Å²) in [5, 5.41) is 15.5. The van der Waals surface area contributed by atoms with Crippen molar-refractivity contribution in [2.45, 2.75) is 0 Å². The number of rotatable bonds is 0. The molecule has 0 spiro atoms.